The molecule has 98 valence electrons. The molecule has 1 aliphatic carbocycles. The maximum atomic E-state index is 12.2. The second-order valence-corrected chi connectivity index (χ2v) is 7.03. The van der Waals surface area contributed by atoms with E-state index in [4.69, 9.17) is 0 Å². The van der Waals surface area contributed by atoms with Gasteiger partial charge in [-0.25, -0.2) is 0 Å². The summed E-state index contributed by atoms with van der Waals surface area (Å²) in [6.45, 7) is 0. The Kier molecular flexibility index (Phi) is 5.10. The fraction of sp³-hybridized carbons (Fsp3) is 0.750. The van der Waals surface area contributed by atoms with Crippen LogP contribution < -0.4 is 0 Å². The maximum Gasteiger partial charge on any atom is 0.454 e. The van der Waals surface area contributed by atoms with Gasteiger partial charge in [0, 0.05) is 0 Å². The zero-order chi connectivity index (χ0) is 13.1. The molecule has 1 rings (SSSR count). The van der Waals surface area contributed by atoms with Crippen molar-refractivity contribution < 1.29 is 18.0 Å². The van der Waals surface area contributed by atoms with E-state index in [9.17, 15) is 18.0 Å². The number of halogens is 3. The van der Waals surface area contributed by atoms with Crippen LogP contribution in [-0.4, -0.2) is 30.2 Å². The van der Waals surface area contributed by atoms with Crippen molar-refractivity contribution in [2.24, 2.45) is 5.92 Å². The number of ketones is 1. The number of hydrogen-bond acceptors (Lipinski definition) is 1. The molecule has 0 aliphatic heterocycles. The third kappa shape index (κ3) is 5.61. The Balaban J connectivity index is 2.53. The van der Waals surface area contributed by atoms with Gasteiger partial charge in [0.25, 0.3) is 5.78 Å². The Labute approximate surface area is 103 Å². The molecule has 0 aromatic carbocycles. The predicted octanol–water partition coefficient (Wildman–Crippen LogP) is 3.11. The number of carbonyl (C=O) groups is 1. The maximum absolute atomic E-state index is 12.2. The van der Waals surface area contributed by atoms with Crippen LogP contribution in [0.15, 0.2) is 11.6 Å². The quantitative estimate of drug-likeness (QED) is 0.534. The molecule has 0 bridgehead atoms. The number of hydrogen-bond donors (Lipinski definition) is 0. The first-order valence-corrected chi connectivity index (χ1v) is 7.87. The summed E-state index contributed by atoms with van der Waals surface area (Å²) >= 11 is 0. The van der Waals surface area contributed by atoms with E-state index in [1.165, 1.54) is 0 Å². The minimum atomic E-state index is -4.72. The van der Waals surface area contributed by atoms with E-state index in [1.807, 2.05) is 0 Å². The highest BCUT2D eigenvalue weighted by atomic mass is 32.2. The van der Waals surface area contributed by atoms with Crippen molar-refractivity contribution in [2.75, 3.05) is 18.3 Å². The van der Waals surface area contributed by atoms with Gasteiger partial charge in [-0.3, -0.25) is 4.79 Å². The van der Waals surface area contributed by atoms with E-state index in [1.54, 1.807) is 0 Å². The zero-order valence-corrected chi connectivity index (χ0v) is 11.0. The lowest BCUT2D eigenvalue weighted by molar-refractivity contribution is -0.165. The molecule has 0 atom stereocenters. The summed E-state index contributed by atoms with van der Waals surface area (Å²) < 4.78 is 36.5. The van der Waals surface area contributed by atoms with E-state index in [0.717, 1.165) is 31.1 Å². The smallest absolute Gasteiger partial charge is 0.285 e. The van der Waals surface area contributed by atoms with Crippen LogP contribution in [0.3, 0.4) is 0 Å². The van der Waals surface area contributed by atoms with Crippen LogP contribution >= 0.6 is 0 Å². The summed E-state index contributed by atoms with van der Waals surface area (Å²) in [7, 11) is 0.311. The molecule has 0 heterocycles. The van der Waals surface area contributed by atoms with Gasteiger partial charge in [0.2, 0.25) is 0 Å². The molecule has 1 nitrogen and oxygen atoms in total. The second kappa shape index (κ2) is 5.94. The van der Waals surface area contributed by atoms with Crippen LogP contribution in [0.1, 0.15) is 25.7 Å². The summed E-state index contributed by atoms with van der Waals surface area (Å²) in [5, 5.41) is 0. The summed E-state index contributed by atoms with van der Waals surface area (Å²) in [6.07, 6.45) is 3.72. The number of carbonyl (C=O) groups excluding carboxylic acids is 1. The lowest BCUT2D eigenvalue weighted by Crippen LogP contribution is -2.20. The van der Waals surface area contributed by atoms with Gasteiger partial charge >= 0.3 is 6.18 Å². The van der Waals surface area contributed by atoms with Crippen LogP contribution in [-0.2, 0) is 15.7 Å². The molecule has 0 unspecified atom stereocenters. The Morgan fingerprint density at radius 3 is 2.35 bits per heavy atom. The van der Waals surface area contributed by atoms with Crippen molar-refractivity contribution >= 4 is 16.7 Å². The molecule has 5 heteroatoms. The average Bonchev–Trinajstić information content (AvgIpc) is 2.96. The molecule has 0 spiro atoms. The van der Waals surface area contributed by atoms with Crippen LogP contribution in [0.25, 0.3) is 0 Å². The Bertz CT molecular complexity index is 303. The Morgan fingerprint density at radius 1 is 1.35 bits per heavy atom. The van der Waals surface area contributed by atoms with E-state index >= 15 is 0 Å². The Hall–Kier alpha value is -0.450. The average molecular weight is 267 g/mol. The molecule has 0 aromatic rings. The van der Waals surface area contributed by atoms with Crippen molar-refractivity contribution in [1.29, 1.82) is 0 Å². The van der Waals surface area contributed by atoms with Crippen molar-refractivity contribution in [2.45, 2.75) is 31.9 Å². The molecule has 0 radical (unpaired) electrons. The van der Waals surface area contributed by atoms with Crippen LogP contribution in [0.2, 0.25) is 0 Å². The highest BCUT2D eigenvalue weighted by Gasteiger charge is 2.38. The highest BCUT2D eigenvalue weighted by Crippen LogP contribution is 2.39. The number of rotatable bonds is 6. The van der Waals surface area contributed by atoms with Crippen LogP contribution in [0.4, 0.5) is 13.2 Å². The normalized spacial score (nSPS) is 17.6. The minimum absolute atomic E-state index is 0.233. The Morgan fingerprint density at radius 2 is 1.94 bits per heavy atom. The molecule has 1 fully saturated rings. The molecule has 0 aromatic heterocycles. The lowest BCUT2D eigenvalue weighted by atomic mass is 10.0. The van der Waals surface area contributed by atoms with Crippen molar-refractivity contribution in [1.82, 2.24) is 0 Å². The molecule has 17 heavy (non-hydrogen) atoms. The third-order valence-electron chi connectivity index (χ3n) is 2.72. The fourth-order valence-electron chi connectivity index (χ4n) is 1.66. The monoisotopic (exact) mass is 267 g/mol. The number of alkyl halides is 3. The van der Waals surface area contributed by atoms with Crippen LogP contribution in [0, 0.1) is 5.92 Å². The molecular formula is C12H18F3OS+. The first kappa shape index (κ1) is 14.6. The minimum Gasteiger partial charge on any atom is -0.285 e. The van der Waals surface area contributed by atoms with E-state index in [2.05, 4.69) is 12.5 Å². The van der Waals surface area contributed by atoms with Gasteiger partial charge < -0.3 is 0 Å². The third-order valence-corrected chi connectivity index (χ3v) is 3.82. The lowest BCUT2D eigenvalue weighted by Gasteiger charge is -2.06. The summed E-state index contributed by atoms with van der Waals surface area (Å²) in [4.78, 5) is 10.9. The first-order chi connectivity index (χ1) is 7.80. The topological polar surface area (TPSA) is 17.1 Å². The van der Waals surface area contributed by atoms with E-state index in [0.29, 0.717) is 22.9 Å². The number of allylic oxidation sites excluding steroid dienone is 2. The largest absolute Gasteiger partial charge is 0.454 e. The van der Waals surface area contributed by atoms with Gasteiger partial charge in [0.15, 0.2) is 0 Å². The molecule has 1 saturated carbocycles. The van der Waals surface area contributed by atoms with Gasteiger partial charge in [-0.15, -0.1) is 0 Å². The molecular weight excluding hydrogens is 249 g/mol. The van der Waals surface area contributed by atoms with Gasteiger partial charge in [-0.2, -0.15) is 13.2 Å². The molecule has 1 aliphatic rings. The summed E-state index contributed by atoms with van der Waals surface area (Å²) in [5.74, 6) is -0.451. The molecule has 0 N–H and O–H groups in total. The standard InChI is InChI=1S/C12H18F3OS/c1-17(2)7-3-4-10(9-5-6-9)8-11(16)12(13,14)15/h8-9H,3-7H2,1-2H3/q+1/b10-8-. The first-order valence-electron chi connectivity index (χ1n) is 5.66. The van der Waals surface area contributed by atoms with E-state index < -0.39 is 12.0 Å². The zero-order valence-electron chi connectivity index (χ0n) is 10.1. The summed E-state index contributed by atoms with van der Waals surface area (Å²) in [6, 6.07) is 0. The van der Waals surface area contributed by atoms with Gasteiger partial charge in [0.05, 0.1) is 12.5 Å². The van der Waals surface area contributed by atoms with Gasteiger partial charge in [-0.05, 0) is 48.6 Å². The SMILES string of the molecule is C[S+](C)CCC/C(=C/C(=O)C(F)(F)F)C1CC1. The molecule has 0 saturated heterocycles. The van der Waals surface area contributed by atoms with Crippen molar-refractivity contribution in [3.8, 4) is 0 Å². The predicted molar refractivity (Wildman–Crippen MR) is 65.2 cm³/mol. The van der Waals surface area contributed by atoms with E-state index in [-0.39, 0.29) is 5.92 Å². The van der Waals surface area contributed by atoms with Crippen molar-refractivity contribution in [3.05, 3.63) is 11.6 Å². The second-order valence-electron chi connectivity index (χ2n) is 4.65. The highest BCUT2D eigenvalue weighted by molar-refractivity contribution is 7.95. The van der Waals surface area contributed by atoms with Gasteiger partial charge in [0.1, 0.15) is 5.75 Å². The van der Waals surface area contributed by atoms with Gasteiger partial charge in [-0.1, -0.05) is 5.57 Å². The fourth-order valence-corrected chi connectivity index (χ4v) is 2.39. The van der Waals surface area contributed by atoms with Crippen molar-refractivity contribution in [3.63, 3.8) is 0 Å². The molecule has 0 amide bonds. The van der Waals surface area contributed by atoms with Crippen LogP contribution in [0.5, 0.6) is 0 Å². The summed E-state index contributed by atoms with van der Waals surface area (Å²) in [5.41, 5.74) is 0.706.